The van der Waals surface area contributed by atoms with Crippen molar-refractivity contribution in [3.05, 3.63) is 65.8 Å². The predicted molar refractivity (Wildman–Crippen MR) is 122 cm³/mol. The third-order valence-electron chi connectivity index (χ3n) is 4.95. The molecular formula is C24H27NO6S. The van der Waals surface area contributed by atoms with Crippen LogP contribution < -0.4 is 0 Å². The van der Waals surface area contributed by atoms with Crippen LogP contribution in [-0.2, 0) is 19.0 Å². The van der Waals surface area contributed by atoms with Gasteiger partial charge in [-0.25, -0.2) is 4.79 Å². The number of nitrogens with one attached hydrogen (secondary N) is 1. The zero-order valence-electron chi connectivity index (χ0n) is 17.7. The van der Waals surface area contributed by atoms with Crippen LogP contribution in [-0.4, -0.2) is 60.5 Å². The number of hydrogen-bond donors (Lipinski definition) is 2. The molecule has 32 heavy (non-hydrogen) atoms. The number of allylic oxidation sites excluding steroid dienone is 3. The second-order valence-corrected chi connectivity index (χ2v) is 8.62. The average Bonchev–Trinajstić information content (AvgIpc) is 2.81. The highest BCUT2D eigenvalue weighted by Crippen LogP contribution is 2.41. The molecule has 0 bridgehead atoms. The smallest absolute Gasteiger partial charge is 0.330 e. The maximum atomic E-state index is 12.7. The molecule has 1 aromatic carbocycles. The fourth-order valence-electron chi connectivity index (χ4n) is 3.27. The lowest BCUT2D eigenvalue weighted by molar-refractivity contribution is -0.137. The van der Waals surface area contributed by atoms with Crippen molar-refractivity contribution in [1.29, 1.82) is 5.41 Å². The molecule has 0 radical (unpaired) electrons. The van der Waals surface area contributed by atoms with Gasteiger partial charge in [-0.05, 0) is 37.5 Å². The summed E-state index contributed by atoms with van der Waals surface area (Å²) in [5, 5.41) is 18.3. The minimum absolute atomic E-state index is 0.0403. The number of fused-ring (bicyclic) bond motifs is 2. The quantitative estimate of drug-likeness (QED) is 0.172. The molecule has 2 unspecified atom stereocenters. The standard InChI is InChI=1S/C24H27NO6S/c1-2-22(27)30-12-6-5-11-29-14-17(26)15-31-24(25)16-9-10-19-21(13-16)32-20-8-4-3-7-18(20)23(19)28/h2-4,7,9-10,13,17,20,25-26H,1,5-6,8,11-12,14-15H2. The molecule has 0 fully saturated rings. The van der Waals surface area contributed by atoms with Crippen molar-refractivity contribution in [2.45, 2.75) is 35.5 Å². The van der Waals surface area contributed by atoms with Crippen molar-refractivity contribution in [1.82, 2.24) is 0 Å². The van der Waals surface area contributed by atoms with Gasteiger partial charge in [-0.3, -0.25) is 10.2 Å². The molecule has 1 aromatic rings. The molecule has 170 valence electrons. The van der Waals surface area contributed by atoms with Crippen molar-refractivity contribution in [3.8, 4) is 0 Å². The Bertz CT molecular complexity index is 938. The lowest BCUT2D eigenvalue weighted by Crippen LogP contribution is -2.25. The van der Waals surface area contributed by atoms with Crippen LogP contribution in [0.25, 0.3) is 0 Å². The van der Waals surface area contributed by atoms with Crippen LogP contribution in [0, 0.1) is 5.41 Å². The summed E-state index contributed by atoms with van der Waals surface area (Å²) < 4.78 is 15.7. The van der Waals surface area contributed by atoms with E-state index >= 15 is 0 Å². The normalized spacial score (nSPS) is 17.6. The number of carbonyl (C=O) groups excluding carboxylic acids is 2. The Morgan fingerprint density at radius 1 is 1.28 bits per heavy atom. The Balaban J connectivity index is 1.39. The van der Waals surface area contributed by atoms with E-state index in [-0.39, 0.29) is 30.1 Å². The van der Waals surface area contributed by atoms with E-state index in [1.165, 1.54) is 0 Å². The molecular weight excluding hydrogens is 430 g/mol. The lowest BCUT2D eigenvalue weighted by Gasteiger charge is -2.27. The number of aliphatic hydroxyl groups excluding tert-OH is 1. The fraction of sp³-hybridized carbons (Fsp3) is 0.375. The van der Waals surface area contributed by atoms with Gasteiger partial charge in [-0.1, -0.05) is 24.8 Å². The number of ether oxygens (including phenoxy) is 3. The van der Waals surface area contributed by atoms with E-state index in [0.717, 1.165) is 23.0 Å². The molecule has 2 aliphatic rings. The number of thioether (sulfide) groups is 1. The summed E-state index contributed by atoms with van der Waals surface area (Å²) in [7, 11) is 0. The van der Waals surface area contributed by atoms with E-state index in [9.17, 15) is 14.7 Å². The second kappa shape index (κ2) is 11.8. The summed E-state index contributed by atoms with van der Waals surface area (Å²) in [6, 6.07) is 5.23. The molecule has 1 heterocycles. The van der Waals surface area contributed by atoms with Crippen LogP contribution in [0.15, 0.2) is 59.6 Å². The second-order valence-electron chi connectivity index (χ2n) is 7.38. The first-order valence-corrected chi connectivity index (χ1v) is 11.4. The van der Waals surface area contributed by atoms with E-state index in [2.05, 4.69) is 12.7 Å². The van der Waals surface area contributed by atoms with Gasteiger partial charge in [0.2, 0.25) is 5.90 Å². The summed E-state index contributed by atoms with van der Waals surface area (Å²) in [6.45, 7) is 4.05. The number of carbonyl (C=O) groups is 2. The van der Waals surface area contributed by atoms with Crippen LogP contribution in [0.4, 0.5) is 0 Å². The predicted octanol–water partition coefficient (Wildman–Crippen LogP) is 3.46. The molecule has 2 N–H and O–H groups in total. The highest BCUT2D eigenvalue weighted by Gasteiger charge is 2.31. The van der Waals surface area contributed by atoms with E-state index in [1.807, 2.05) is 12.2 Å². The molecule has 1 aliphatic carbocycles. The number of unbranched alkanes of at least 4 members (excludes halogenated alkanes) is 1. The number of rotatable bonds is 11. The van der Waals surface area contributed by atoms with Crippen LogP contribution in [0.3, 0.4) is 0 Å². The first kappa shape index (κ1) is 24.0. The van der Waals surface area contributed by atoms with E-state index in [1.54, 1.807) is 30.0 Å². The number of aliphatic hydroxyl groups is 1. The van der Waals surface area contributed by atoms with Gasteiger partial charge in [0, 0.05) is 39.5 Å². The molecule has 3 rings (SSSR count). The highest BCUT2D eigenvalue weighted by molar-refractivity contribution is 8.00. The van der Waals surface area contributed by atoms with Gasteiger partial charge in [0.25, 0.3) is 0 Å². The number of Topliss-reactive ketones (excluding diaryl/α,β-unsaturated/α-hetero) is 1. The molecule has 8 heteroatoms. The third-order valence-corrected chi connectivity index (χ3v) is 6.28. The van der Waals surface area contributed by atoms with Gasteiger partial charge in [-0.2, -0.15) is 0 Å². The van der Waals surface area contributed by atoms with Crippen LogP contribution >= 0.6 is 11.8 Å². The maximum Gasteiger partial charge on any atom is 0.330 e. The van der Waals surface area contributed by atoms with Gasteiger partial charge in [-0.15, -0.1) is 11.8 Å². The van der Waals surface area contributed by atoms with Gasteiger partial charge in [0.05, 0.1) is 13.2 Å². The molecule has 7 nitrogen and oxygen atoms in total. The van der Waals surface area contributed by atoms with E-state index < -0.39 is 12.1 Å². The van der Waals surface area contributed by atoms with Crippen LogP contribution in [0.2, 0.25) is 0 Å². The Morgan fingerprint density at radius 2 is 2.09 bits per heavy atom. The van der Waals surface area contributed by atoms with Gasteiger partial charge in [0.1, 0.15) is 12.7 Å². The van der Waals surface area contributed by atoms with Gasteiger partial charge in [0.15, 0.2) is 5.78 Å². The number of esters is 1. The van der Waals surface area contributed by atoms with Crippen molar-refractivity contribution in [3.63, 3.8) is 0 Å². The molecule has 0 saturated heterocycles. The van der Waals surface area contributed by atoms with Crippen LogP contribution in [0.1, 0.15) is 35.2 Å². The minimum atomic E-state index is -0.871. The maximum absolute atomic E-state index is 12.7. The SMILES string of the molecule is C=CC(=O)OCCCCOCC(O)COC(=N)c1ccc2c(c1)SC1CC=CC=C1C2=O. The lowest BCUT2D eigenvalue weighted by atomic mass is 9.94. The van der Waals surface area contributed by atoms with Gasteiger partial charge < -0.3 is 19.3 Å². The van der Waals surface area contributed by atoms with Crippen molar-refractivity contribution < 1.29 is 28.9 Å². The molecule has 0 saturated carbocycles. The molecule has 0 amide bonds. The van der Waals surface area contributed by atoms with Crippen molar-refractivity contribution >= 4 is 29.4 Å². The third kappa shape index (κ3) is 6.41. The Morgan fingerprint density at radius 3 is 2.91 bits per heavy atom. The fourth-order valence-corrected chi connectivity index (χ4v) is 4.58. The number of hydrogen-bond acceptors (Lipinski definition) is 8. The van der Waals surface area contributed by atoms with Crippen molar-refractivity contribution in [2.24, 2.45) is 0 Å². The van der Waals surface area contributed by atoms with E-state index in [0.29, 0.717) is 37.2 Å². The Labute approximate surface area is 191 Å². The zero-order chi connectivity index (χ0) is 22.9. The molecule has 1 aliphatic heterocycles. The van der Waals surface area contributed by atoms with Gasteiger partial charge >= 0.3 is 5.97 Å². The largest absolute Gasteiger partial charge is 0.475 e. The monoisotopic (exact) mass is 457 g/mol. The zero-order valence-corrected chi connectivity index (χ0v) is 18.6. The molecule has 0 spiro atoms. The summed E-state index contributed by atoms with van der Waals surface area (Å²) in [4.78, 5) is 24.5. The average molecular weight is 458 g/mol. The molecule has 2 atom stereocenters. The first-order chi connectivity index (χ1) is 15.5. The minimum Gasteiger partial charge on any atom is -0.475 e. The van der Waals surface area contributed by atoms with Crippen molar-refractivity contribution in [2.75, 3.05) is 26.4 Å². The summed E-state index contributed by atoms with van der Waals surface area (Å²) in [5.41, 5.74) is 2.03. The highest BCUT2D eigenvalue weighted by atomic mass is 32.2. The summed E-state index contributed by atoms with van der Waals surface area (Å²) >= 11 is 1.63. The molecule has 0 aromatic heterocycles. The van der Waals surface area contributed by atoms with Crippen LogP contribution in [0.5, 0.6) is 0 Å². The summed E-state index contributed by atoms with van der Waals surface area (Å²) in [6.07, 6.45) is 8.26. The first-order valence-electron chi connectivity index (χ1n) is 10.5. The number of ketones is 1. The Kier molecular flexibility index (Phi) is 8.84. The van der Waals surface area contributed by atoms with E-state index in [4.69, 9.17) is 19.6 Å². The summed E-state index contributed by atoms with van der Waals surface area (Å²) in [5.74, 6) is -0.467. The topological polar surface area (TPSA) is 106 Å². The number of benzene rings is 1. The Hall–Kier alpha value is -2.68.